The van der Waals surface area contributed by atoms with Crippen LogP contribution in [0, 0.1) is 0 Å². The number of nitrogens with zero attached hydrogens (tertiary/aromatic N) is 1. The smallest absolute Gasteiger partial charge is 0.295 e. The van der Waals surface area contributed by atoms with Crippen molar-refractivity contribution in [3.8, 4) is 0 Å². The fourth-order valence-electron chi connectivity index (χ4n) is 2.65. The van der Waals surface area contributed by atoms with E-state index in [1.54, 1.807) is 0 Å². The molecule has 32 heavy (non-hydrogen) atoms. The second kappa shape index (κ2) is 11.3. The number of nitrogens with two attached hydrogens (primary N) is 1. The summed E-state index contributed by atoms with van der Waals surface area (Å²) in [5.74, 6) is 0.0585. The van der Waals surface area contributed by atoms with Crippen LogP contribution < -0.4 is 11.1 Å². The molecule has 1 heterocycles. The quantitative estimate of drug-likeness (QED) is 0.148. The summed E-state index contributed by atoms with van der Waals surface area (Å²) < 4.78 is 38.0. The number of ether oxygens (including phenoxy) is 1. The van der Waals surface area contributed by atoms with Crippen LogP contribution in [-0.4, -0.2) is 43.6 Å². The molecule has 0 fully saturated rings. The number of rotatable bonds is 10. The topological polar surface area (TPSA) is 148 Å². The summed E-state index contributed by atoms with van der Waals surface area (Å²) in [5.41, 5.74) is 5.58. The van der Waals surface area contributed by atoms with Crippen molar-refractivity contribution in [2.24, 2.45) is 10.7 Å². The minimum absolute atomic E-state index is 0.0897. The molecule has 0 unspecified atom stereocenters. The van der Waals surface area contributed by atoms with Crippen LogP contribution in [0.1, 0.15) is 35.0 Å². The van der Waals surface area contributed by atoms with Crippen LogP contribution in [0.4, 0.5) is 5.69 Å². The van der Waals surface area contributed by atoms with Gasteiger partial charge in [-0.15, -0.1) is 11.3 Å². The van der Waals surface area contributed by atoms with Crippen molar-refractivity contribution in [3.05, 3.63) is 51.7 Å². The normalized spacial score (nSPS) is 12.8. The predicted molar refractivity (Wildman–Crippen MR) is 125 cm³/mol. The molecular formula is C20H22ClN3O6S2. The summed E-state index contributed by atoms with van der Waals surface area (Å²) in [6.45, 7) is 6.09. The van der Waals surface area contributed by atoms with Gasteiger partial charge < -0.3 is 15.8 Å². The van der Waals surface area contributed by atoms with Crippen molar-refractivity contribution in [2.45, 2.75) is 30.7 Å². The highest BCUT2D eigenvalue weighted by atomic mass is 35.5. The fourth-order valence-corrected chi connectivity index (χ4v) is 4.28. The maximum atomic E-state index is 12.4. The van der Waals surface area contributed by atoms with E-state index in [1.165, 1.54) is 17.4 Å². The van der Waals surface area contributed by atoms with Gasteiger partial charge in [0.2, 0.25) is 11.8 Å². The van der Waals surface area contributed by atoms with Crippen molar-refractivity contribution in [1.82, 2.24) is 0 Å². The number of hydrogen-bond acceptors (Lipinski definition) is 8. The van der Waals surface area contributed by atoms with Gasteiger partial charge in [-0.1, -0.05) is 24.2 Å². The van der Waals surface area contributed by atoms with Gasteiger partial charge in [0, 0.05) is 18.0 Å². The van der Waals surface area contributed by atoms with Gasteiger partial charge in [0.15, 0.2) is 6.29 Å². The Morgan fingerprint density at radius 2 is 2.19 bits per heavy atom. The van der Waals surface area contributed by atoms with Crippen LogP contribution in [0.3, 0.4) is 0 Å². The Labute approximate surface area is 194 Å². The van der Waals surface area contributed by atoms with Crippen molar-refractivity contribution in [3.63, 3.8) is 0 Å². The van der Waals surface area contributed by atoms with Gasteiger partial charge in [-0.2, -0.15) is 8.42 Å². The van der Waals surface area contributed by atoms with Crippen molar-refractivity contribution in [2.75, 3.05) is 11.9 Å². The van der Waals surface area contributed by atoms with Crippen molar-refractivity contribution >= 4 is 62.6 Å². The summed E-state index contributed by atoms with van der Waals surface area (Å²) in [4.78, 5) is 28.1. The maximum absolute atomic E-state index is 12.4. The minimum Gasteiger partial charge on any atom is -0.441 e. The predicted octanol–water partition coefficient (Wildman–Crippen LogP) is 3.61. The first-order chi connectivity index (χ1) is 15.1. The Kier molecular flexibility index (Phi) is 9.10. The van der Waals surface area contributed by atoms with Crippen molar-refractivity contribution in [1.29, 1.82) is 0 Å². The summed E-state index contributed by atoms with van der Waals surface area (Å²) in [5, 5.41) is 4.21. The number of thiophene rings is 1. The molecule has 0 saturated carbocycles. The Morgan fingerprint density at radius 3 is 2.75 bits per heavy atom. The van der Waals surface area contributed by atoms with Gasteiger partial charge in [-0.25, -0.2) is 0 Å². The van der Waals surface area contributed by atoms with E-state index in [0.29, 0.717) is 12.3 Å². The Hall–Kier alpha value is -2.57. The Morgan fingerprint density at radius 1 is 1.47 bits per heavy atom. The first kappa shape index (κ1) is 25.7. The summed E-state index contributed by atoms with van der Waals surface area (Å²) in [6, 6.07) is 5.10. The Balaban J connectivity index is 2.08. The molecule has 0 saturated heterocycles. The zero-order valence-electron chi connectivity index (χ0n) is 17.1. The van der Waals surface area contributed by atoms with E-state index >= 15 is 0 Å². The van der Waals surface area contributed by atoms with E-state index in [9.17, 15) is 22.6 Å². The van der Waals surface area contributed by atoms with Crippen LogP contribution in [0.5, 0.6) is 0 Å². The number of carbonyl (C=O) groups is 2. The number of amides is 1. The molecule has 0 aliphatic rings. The number of carbonyl (C=O) groups excluding carboxylic acids is 2. The average Bonchev–Trinajstić information content (AvgIpc) is 3.25. The second-order valence-electron chi connectivity index (χ2n) is 6.47. The average molecular weight is 500 g/mol. The van der Waals surface area contributed by atoms with Gasteiger partial charge in [-0.3, -0.25) is 19.1 Å². The molecule has 2 aromatic rings. The summed E-state index contributed by atoms with van der Waals surface area (Å²) in [6.07, 6.45) is 0.256. The van der Waals surface area contributed by atoms with E-state index in [4.69, 9.17) is 22.1 Å². The monoisotopic (exact) mass is 499 g/mol. The minimum atomic E-state index is -4.73. The molecule has 0 bridgehead atoms. The number of anilines is 1. The molecule has 12 heteroatoms. The van der Waals surface area contributed by atoms with Gasteiger partial charge in [-0.05, 0) is 36.9 Å². The molecule has 1 aromatic heterocycles. The number of aliphatic imine (C=N–C) groups is 1. The van der Waals surface area contributed by atoms with Gasteiger partial charge in [0.05, 0.1) is 22.2 Å². The largest absolute Gasteiger partial charge is 0.441 e. The molecule has 9 nitrogen and oxygen atoms in total. The Bertz CT molecular complexity index is 1130. The third-order valence-electron chi connectivity index (χ3n) is 4.11. The molecule has 4 N–H and O–H groups in total. The lowest BCUT2D eigenvalue weighted by Gasteiger charge is -2.17. The van der Waals surface area contributed by atoms with Crippen LogP contribution in [-0.2, 0) is 19.6 Å². The van der Waals surface area contributed by atoms with Gasteiger partial charge in [0.1, 0.15) is 10.7 Å². The molecule has 0 radical (unpaired) electrons. The first-order valence-corrected chi connectivity index (χ1v) is 12.0. The van der Waals surface area contributed by atoms with Crippen LogP contribution >= 0.6 is 22.9 Å². The standard InChI is InChI=1S/C20H22ClN3O6S2/c1-3-23-20(30-12(2)17-5-4-8-31-17)15(22)6-7-19(26)24-16-9-13(21)10-18(14(16)11-25)32(27,28)29/h4-5,8-11,15H,2-3,6-7,22H2,1H3,(H,24,26)(H,27,28,29)/t15-/m0/s1. The van der Waals surface area contributed by atoms with E-state index in [2.05, 4.69) is 16.9 Å². The number of hydrogen-bond donors (Lipinski definition) is 3. The number of benzene rings is 1. The highest BCUT2D eigenvalue weighted by molar-refractivity contribution is 7.86. The third kappa shape index (κ3) is 6.97. The highest BCUT2D eigenvalue weighted by Crippen LogP contribution is 2.28. The molecule has 2 rings (SSSR count). The SMILES string of the molecule is C=C(OC(=NCC)[C@@H](N)CCC(=O)Nc1cc(Cl)cc(S(=O)(=O)O)c1C=O)c1cccs1. The molecule has 1 aromatic carbocycles. The van der Waals surface area contributed by atoms with Crippen LogP contribution in [0.2, 0.25) is 5.02 Å². The molecule has 1 amide bonds. The molecule has 172 valence electrons. The lowest BCUT2D eigenvalue weighted by atomic mass is 10.1. The van der Waals surface area contributed by atoms with Gasteiger partial charge in [0.25, 0.3) is 10.1 Å². The van der Waals surface area contributed by atoms with Crippen LogP contribution in [0.25, 0.3) is 5.76 Å². The van der Waals surface area contributed by atoms with E-state index in [0.717, 1.165) is 10.9 Å². The second-order valence-corrected chi connectivity index (χ2v) is 9.24. The number of nitrogens with one attached hydrogen (secondary N) is 1. The molecule has 0 spiro atoms. The maximum Gasteiger partial charge on any atom is 0.295 e. The lowest BCUT2D eigenvalue weighted by Crippen LogP contribution is -2.33. The zero-order chi connectivity index (χ0) is 23.9. The highest BCUT2D eigenvalue weighted by Gasteiger charge is 2.22. The number of aldehydes is 1. The summed E-state index contributed by atoms with van der Waals surface area (Å²) in [7, 11) is -4.73. The van der Waals surface area contributed by atoms with Crippen LogP contribution in [0.15, 0.2) is 46.1 Å². The number of halogens is 1. The molecular weight excluding hydrogens is 478 g/mol. The zero-order valence-corrected chi connectivity index (χ0v) is 19.5. The molecule has 1 atom stereocenters. The summed E-state index contributed by atoms with van der Waals surface area (Å²) >= 11 is 7.31. The fraction of sp³-hybridized carbons (Fsp3) is 0.250. The van der Waals surface area contributed by atoms with Crippen molar-refractivity contribution < 1.29 is 27.3 Å². The first-order valence-electron chi connectivity index (χ1n) is 9.33. The molecule has 0 aliphatic heterocycles. The van der Waals surface area contributed by atoms with Gasteiger partial charge >= 0.3 is 0 Å². The third-order valence-corrected chi connectivity index (χ3v) is 6.14. The van der Waals surface area contributed by atoms with E-state index < -0.39 is 32.5 Å². The lowest BCUT2D eigenvalue weighted by molar-refractivity contribution is -0.116. The van der Waals surface area contributed by atoms with E-state index in [-0.39, 0.29) is 35.7 Å². The molecule has 0 aliphatic carbocycles. The van der Waals surface area contributed by atoms with E-state index in [1.807, 2.05) is 24.4 Å².